The van der Waals surface area contributed by atoms with Crippen molar-refractivity contribution in [3.8, 4) is 5.75 Å². The number of nitrogens with one attached hydrogen (secondary N) is 2. The Morgan fingerprint density at radius 2 is 1.61 bits per heavy atom. The molecule has 168 valence electrons. The lowest BCUT2D eigenvalue weighted by atomic mass is 9.79. The van der Waals surface area contributed by atoms with Crippen molar-refractivity contribution in [2.75, 3.05) is 18.6 Å². The Balaban J connectivity index is 1.91. The zero-order valence-electron chi connectivity index (χ0n) is 18.9. The number of thioether (sulfide) groups is 1. The van der Waals surface area contributed by atoms with Gasteiger partial charge in [0.25, 0.3) is 5.91 Å². The van der Waals surface area contributed by atoms with Crippen LogP contribution < -0.4 is 15.4 Å². The van der Waals surface area contributed by atoms with Crippen LogP contribution in [0, 0.1) is 0 Å². The Morgan fingerprint density at radius 1 is 1.00 bits per heavy atom. The van der Waals surface area contributed by atoms with E-state index in [1.54, 1.807) is 23.9 Å². The van der Waals surface area contributed by atoms with Gasteiger partial charge in [0.2, 0.25) is 5.91 Å². The molecule has 0 aliphatic heterocycles. The standard InChI is InChI=1S/C25H34N2O3S/c1-19(17-25(2,3)20-11-7-5-8-12-20)26-24(29)22(15-16-31-4)27-23(28)18-30-21-13-9-6-10-14-21/h5-14,19,22H,15-18H2,1-4H3,(H,26,29)(H,27,28). The van der Waals surface area contributed by atoms with Crippen molar-refractivity contribution in [2.24, 2.45) is 0 Å². The minimum atomic E-state index is -0.582. The molecule has 2 N–H and O–H groups in total. The van der Waals surface area contributed by atoms with Gasteiger partial charge >= 0.3 is 0 Å². The zero-order chi connectivity index (χ0) is 22.7. The summed E-state index contributed by atoms with van der Waals surface area (Å²) in [5, 5.41) is 5.92. The number of ether oxygens (including phenoxy) is 1. The molecule has 0 radical (unpaired) electrons. The number of hydrogen-bond acceptors (Lipinski definition) is 4. The number of benzene rings is 2. The molecule has 0 saturated carbocycles. The summed E-state index contributed by atoms with van der Waals surface area (Å²) >= 11 is 1.65. The predicted molar refractivity (Wildman–Crippen MR) is 129 cm³/mol. The van der Waals surface area contributed by atoms with E-state index in [9.17, 15) is 9.59 Å². The summed E-state index contributed by atoms with van der Waals surface area (Å²) in [4.78, 5) is 25.3. The van der Waals surface area contributed by atoms with Crippen LogP contribution in [0.5, 0.6) is 5.75 Å². The first-order chi connectivity index (χ1) is 14.8. The van der Waals surface area contributed by atoms with Crippen molar-refractivity contribution < 1.29 is 14.3 Å². The van der Waals surface area contributed by atoms with Crippen LogP contribution in [0.1, 0.15) is 39.2 Å². The van der Waals surface area contributed by atoms with Crippen LogP contribution in [0.2, 0.25) is 0 Å². The topological polar surface area (TPSA) is 67.4 Å². The molecule has 2 amide bonds. The Morgan fingerprint density at radius 3 is 2.23 bits per heavy atom. The SMILES string of the molecule is CSCCC(NC(=O)COc1ccccc1)C(=O)NC(C)CC(C)(C)c1ccccc1. The van der Waals surface area contributed by atoms with E-state index in [1.807, 2.05) is 49.6 Å². The van der Waals surface area contributed by atoms with E-state index in [4.69, 9.17) is 4.74 Å². The zero-order valence-corrected chi connectivity index (χ0v) is 19.7. The van der Waals surface area contributed by atoms with Crippen molar-refractivity contribution in [3.63, 3.8) is 0 Å². The summed E-state index contributed by atoms with van der Waals surface area (Å²) in [6.07, 6.45) is 3.35. The van der Waals surface area contributed by atoms with Gasteiger partial charge in [-0.05, 0) is 54.9 Å². The van der Waals surface area contributed by atoms with E-state index in [1.165, 1.54) is 5.56 Å². The van der Waals surface area contributed by atoms with Gasteiger partial charge in [-0.3, -0.25) is 9.59 Å². The molecule has 2 aromatic carbocycles. The lowest BCUT2D eigenvalue weighted by Crippen LogP contribution is -2.51. The maximum atomic E-state index is 12.9. The maximum Gasteiger partial charge on any atom is 0.258 e. The second-order valence-corrected chi connectivity index (χ2v) is 9.35. The van der Waals surface area contributed by atoms with E-state index in [0.717, 1.165) is 12.2 Å². The molecule has 0 bridgehead atoms. The lowest BCUT2D eigenvalue weighted by Gasteiger charge is -2.30. The van der Waals surface area contributed by atoms with Crippen molar-refractivity contribution in [1.82, 2.24) is 10.6 Å². The van der Waals surface area contributed by atoms with Gasteiger partial charge in [-0.15, -0.1) is 0 Å². The highest BCUT2D eigenvalue weighted by Crippen LogP contribution is 2.28. The summed E-state index contributed by atoms with van der Waals surface area (Å²) < 4.78 is 5.50. The highest BCUT2D eigenvalue weighted by Gasteiger charge is 2.27. The van der Waals surface area contributed by atoms with E-state index < -0.39 is 6.04 Å². The number of para-hydroxylation sites is 1. The summed E-state index contributed by atoms with van der Waals surface area (Å²) in [7, 11) is 0. The van der Waals surface area contributed by atoms with Gasteiger partial charge in [-0.25, -0.2) is 0 Å². The summed E-state index contributed by atoms with van der Waals surface area (Å²) in [5.74, 6) is 0.947. The monoisotopic (exact) mass is 442 g/mol. The van der Waals surface area contributed by atoms with Crippen LogP contribution in [-0.4, -0.2) is 42.5 Å². The average molecular weight is 443 g/mol. The van der Waals surface area contributed by atoms with Gasteiger partial charge < -0.3 is 15.4 Å². The molecule has 2 unspecified atom stereocenters. The fourth-order valence-corrected chi connectivity index (χ4v) is 4.04. The maximum absolute atomic E-state index is 12.9. The summed E-state index contributed by atoms with van der Waals surface area (Å²) in [6.45, 7) is 6.25. The van der Waals surface area contributed by atoms with Gasteiger partial charge in [0.05, 0.1) is 0 Å². The molecular weight excluding hydrogens is 408 g/mol. The van der Waals surface area contributed by atoms with Crippen molar-refractivity contribution in [2.45, 2.75) is 51.1 Å². The molecule has 2 rings (SSSR count). The Hall–Kier alpha value is -2.47. The molecule has 2 aromatic rings. The lowest BCUT2D eigenvalue weighted by molar-refractivity contribution is -0.130. The highest BCUT2D eigenvalue weighted by atomic mass is 32.2. The first-order valence-corrected chi connectivity index (χ1v) is 12.0. The second-order valence-electron chi connectivity index (χ2n) is 8.37. The first-order valence-electron chi connectivity index (χ1n) is 10.6. The largest absolute Gasteiger partial charge is 0.484 e. The molecule has 0 heterocycles. The third kappa shape index (κ3) is 8.66. The molecule has 5 nitrogen and oxygen atoms in total. The van der Waals surface area contributed by atoms with Gasteiger partial charge in [0.15, 0.2) is 6.61 Å². The van der Waals surface area contributed by atoms with Crippen LogP contribution >= 0.6 is 11.8 Å². The highest BCUT2D eigenvalue weighted by molar-refractivity contribution is 7.98. The molecule has 0 aliphatic rings. The Kier molecular flexibility index (Phi) is 9.92. The third-order valence-electron chi connectivity index (χ3n) is 5.14. The van der Waals surface area contributed by atoms with Crippen molar-refractivity contribution >= 4 is 23.6 Å². The molecule has 0 saturated heterocycles. The van der Waals surface area contributed by atoms with E-state index in [0.29, 0.717) is 12.2 Å². The fourth-order valence-electron chi connectivity index (χ4n) is 3.57. The number of carbonyl (C=O) groups is 2. The average Bonchev–Trinajstić information content (AvgIpc) is 2.76. The number of carbonyl (C=O) groups excluding carboxylic acids is 2. The molecule has 6 heteroatoms. The molecule has 2 atom stereocenters. The summed E-state index contributed by atoms with van der Waals surface area (Å²) in [5.41, 5.74) is 1.16. The Bertz CT molecular complexity index is 812. The van der Waals surface area contributed by atoms with E-state index >= 15 is 0 Å². The molecule has 0 aromatic heterocycles. The van der Waals surface area contributed by atoms with Crippen molar-refractivity contribution in [1.29, 1.82) is 0 Å². The van der Waals surface area contributed by atoms with Gasteiger partial charge in [0, 0.05) is 6.04 Å². The normalized spacial score (nSPS) is 13.2. The molecule has 0 fully saturated rings. The smallest absolute Gasteiger partial charge is 0.258 e. The molecule has 0 spiro atoms. The summed E-state index contributed by atoms with van der Waals surface area (Å²) in [6, 6.07) is 18.9. The number of amides is 2. The van der Waals surface area contributed by atoms with Crippen LogP contribution in [0.3, 0.4) is 0 Å². The third-order valence-corrected chi connectivity index (χ3v) is 5.78. The minimum absolute atomic E-state index is 0.0306. The van der Waals surface area contributed by atoms with E-state index in [2.05, 4.69) is 36.6 Å². The minimum Gasteiger partial charge on any atom is -0.484 e. The first kappa shape index (κ1) is 24.8. The molecular formula is C25H34N2O3S. The fraction of sp³-hybridized carbons (Fsp3) is 0.440. The molecule has 31 heavy (non-hydrogen) atoms. The van der Waals surface area contributed by atoms with E-state index in [-0.39, 0.29) is 29.9 Å². The van der Waals surface area contributed by atoms with Crippen LogP contribution in [0.15, 0.2) is 60.7 Å². The van der Waals surface area contributed by atoms with Crippen molar-refractivity contribution in [3.05, 3.63) is 66.2 Å². The second kappa shape index (κ2) is 12.4. The van der Waals surface area contributed by atoms with Crippen LogP contribution in [0.4, 0.5) is 0 Å². The van der Waals surface area contributed by atoms with Gasteiger partial charge in [-0.1, -0.05) is 62.4 Å². The molecule has 0 aliphatic carbocycles. The van der Waals surface area contributed by atoms with Crippen LogP contribution in [-0.2, 0) is 15.0 Å². The predicted octanol–water partition coefficient (Wildman–Crippen LogP) is 4.18. The number of hydrogen-bond donors (Lipinski definition) is 2. The Labute approximate surface area is 190 Å². The van der Waals surface area contributed by atoms with Crippen LogP contribution in [0.25, 0.3) is 0 Å². The van der Waals surface area contributed by atoms with Gasteiger partial charge in [-0.2, -0.15) is 11.8 Å². The quantitative estimate of drug-likeness (QED) is 0.518. The number of rotatable bonds is 12. The van der Waals surface area contributed by atoms with Gasteiger partial charge in [0.1, 0.15) is 11.8 Å².